The Morgan fingerprint density at radius 3 is 0.333 bits per heavy atom. The molecule has 9 N–H and O–H groups in total. The van der Waals surface area contributed by atoms with E-state index in [9.17, 15) is 0 Å². The van der Waals surface area contributed by atoms with Crippen LogP contribution in [0.25, 0.3) is 0 Å². The molecule has 0 rings (SSSR count). The van der Waals surface area contributed by atoms with Crippen molar-refractivity contribution >= 4 is 40.5 Å². The SMILES string of the molecule is N.N.N.S.S.S. The molecule has 6 heavy (non-hydrogen) atoms. The fourth-order valence-electron chi connectivity index (χ4n) is 0. The van der Waals surface area contributed by atoms with Crippen LogP contribution in [0.3, 0.4) is 0 Å². The lowest BCUT2D eigenvalue weighted by atomic mass is 14.0. The first kappa shape index (κ1) is 282. The van der Waals surface area contributed by atoms with Crippen LogP contribution >= 0.6 is 40.5 Å². The van der Waals surface area contributed by atoms with Gasteiger partial charge in [0.2, 0.25) is 0 Å². The third-order valence-corrected chi connectivity index (χ3v) is 0. The van der Waals surface area contributed by atoms with E-state index in [1.807, 2.05) is 0 Å². The smallest absolute Gasteiger partial charge is 0.197 e. The zero-order valence-corrected chi connectivity index (χ0v) is 6.62. The van der Waals surface area contributed by atoms with E-state index in [2.05, 4.69) is 0 Å². The van der Waals surface area contributed by atoms with Crippen LogP contribution in [0.4, 0.5) is 0 Å². The molecule has 3 nitrogen and oxygen atoms in total. The molecule has 0 saturated carbocycles. The summed E-state index contributed by atoms with van der Waals surface area (Å²) in [5.41, 5.74) is 0. The van der Waals surface area contributed by atoms with E-state index in [-0.39, 0.29) is 58.9 Å². The summed E-state index contributed by atoms with van der Waals surface area (Å²) in [7, 11) is 0. The van der Waals surface area contributed by atoms with Crippen LogP contribution in [0.1, 0.15) is 0 Å². The average molecular weight is 153 g/mol. The predicted molar refractivity (Wildman–Crippen MR) is 46.2 cm³/mol. The van der Waals surface area contributed by atoms with Gasteiger partial charge in [0.25, 0.3) is 0 Å². The van der Waals surface area contributed by atoms with Gasteiger partial charge < -0.3 is 18.5 Å². The van der Waals surface area contributed by atoms with Crippen molar-refractivity contribution in [3.8, 4) is 0 Å². The van der Waals surface area contributed by atoms with E-state index in [1.54, 1.807) is 0 Å². The predicted octanol–water partition coefficient (Wildman–Crippen LogP) is 0.824. The van der Waals surface area contributed by atoms with E-state index in [0.717, 1.165) is 0 Å². The van der Waals surface area contributed by atoms with Gasteiger partial charge in [-0.05, 0) is 0 Å². The summed E-state index contributed by atoms with van der Waals surface area (Å²) in [6.45, 7) is 0. The highest BCUT2D eigenvalue weighted by Crippen LogP contribution is 0.650. The second-order valence-corrected chi connectivity index (χ2v) is 0. The Morgan fingerprint density at radius 1 is 0.333 bits per heavy atom. The Bertz CT molecular complexity index is 6.00. The number of hydrogen-bond donors (Lipinski definition) is 3. The van der Waals surface area contributed by atoms with Gasteiger partial charge in [-0.3, -0.25) is 0 Å². The third-order valence-electron chi connectivity index (χ3n) is 0. The van der Waals surface area contributed by atoms with Crippen molar-refractivity contribution in [2.45, 2.75) is 0 Å². The molecule has 0 saturated heterocycles. The third kappa shape index (κ3) is 88.0. The van der Waals surface area contributed by atoms with Crippen LogP contribution in [0.2, 0.25) is 0 Å². The maximum atomic E-state index is 0. The van der Waals surface area contributed by atoms with Crippen molar-refractivity contribution < 1.29 is 0 Å². The Morgan fingerprint density at radius 2 is 0.333 bits per heavy atom. The molecular weight excluding hydrogens is 138 g/mol. The van der Waals surface area contributed by atoms with Crippen molar-refractivity contribution in [1.82, 2.24) is 18.5 Å². The normalized spacial score (nSPS) is 0. The molecule has 0 radical (unpaired) electrons. The molecular formula is H15N3S3. The number of rotatable bonds is 0. The van der Waals surface area contributed by atoms with Gasteiger partial charge in [-0.2, -0.15) is 40.5 Å². The molecule has 0 aromatic rings. The summed E-state index contributed by atoms with van der Waals surface area (Å²) in [5, 5.41) is 0. The molecule has 0 aliphatic rings. The highest BCUT2D eigenvalue weighted by molar-refractivity contribution is 7.59. The first-order chi connectivity index (χ1) is 0. The molecule has 0 aromatic carbocycles. The molecule has 0 atom stereocenters. The Hall–Kier alpha value is 0.930. The molecule has 0 heterocycles. The number of hydrogen-bond acceptors (Lipinski definition) is 3. The Kier molecular flexibility index (Phi) is 7830. The topological polar surface area (TPSA) is 105 Å². The highest BCUT2D eigenvalue weighted by atomic mass is 32.1. The minimum Gasteiger partial charge on any atom is -0.344 e. The summed E-state index contributed by atoms with van der Waals surface area (Å²) >= 11 is 0. The quantitative estimate of drug-likeness (QED) is 0.480. The largest absolute Gasteiger partial charge is 0.344 e. The van der Waals surface area contributed by atoms with Gasteiger partial charge in [-0.1, -0.05) is 0 Å². The van der Waals surface area contributed by atoms with Crippen LogP contribution in [-0.2, 0) is 0 Å². The first-order valence-electron chi connectivity index (χ1n) is 0. The van der Waals surface area contributed by atoms with Crippen molar-refractivity contribution in [1.29, 1.82) is 0 Å². The second-order valence-electron chi connectivity index (χ2n) is 0. The Balaban J connectivity index is 0. The van der Waals surface area contributed by atoms with E-state index in [0.29, 0.717) is 0 Å². The fourth-order valence-corrected chi connectivity index (χ4v) is 0. The van der Waals surface area contributed by atoms with Crippen LogP contribution < -0.4 is 18.5 Å². The lowest BCUT2D eigenvalue weighted by Crippen LogP contribution is -0.482. The fraction of sp³-hybridized carbons (Fsp3) is 0. The summed E-state index contributed by atoms with van der Waals surface area (Å²) in [6, 6.07) is 0. The van der Waals surface area contributed by atoms with Gasteiger partial charge in [0.05, 0.1) is 0 Å². The molecule has 0 bridgehead atoms. The van der Waals surface area contributed by atoms with Crippen LogP contribution in [0.5, 0.6) is 0 Å². The monoisotopic (exact) mass is 153 g/mol. The van der Waals surface area contributed by atoms with Crippen LogP contribution in [-0.4, -0.2) is 0 Å². The zero-order valence-electron chi connectivity index (χ0n) is 3.62. The van der Waals surface area contributed by atoms with Gasteiger partial charge in [0.15, 0.2) is 0 Å². The lowest BCUT2D eigenvalue weighted by Gasteiger charge is -0.345. The average Bonchev–Trinajstić information content (AvgIpc) is 0. The summed E-state index contributed by atoms with van der Waals surface area (Å²) in [5.74, 6) is 0. The molecule has 0 aliphatic carbocycles. The molecule has 0 unspecified atom stereocenters. The minimum absolute atomic E-state index is 0. The van der Waals surface area contributed by atoms with Gasteiger partial charge >= 0.3 is 0 Å². The molecule has 0 aromatic heterocycles. The van der Waals surface area contributed by atoms with Crippen molar-refractivity contribution in [3.05, 3.63) is 0 Å². The maximum absolute atomic E-state index is 0. The maximum Gasteiger partial charge on any atom is -0.197 e. The van der Waals surface area contributed by atoms with Gasteiger partial charge in [-0.15, -0.1) is 0 Å². The summed E-state index contributed by atoms with van der Waals surface area (Å²) in [6.07, 6.45) is 0. The van der Waals surface area contributed by atoms with E-state index >= 15 is 0 Å². The molecule has 0 fully saturated rings. The van der Waals surface area contributed by atoms with E-state index in [4.69, 9.17) is 0 Å². The zero-order chi connectivity index (χ0) is 0. The van der Waals surface area contributed by atoms with Crippen molar-refractivity contribution in [2.24, 2.45) is 0 Å². The molecule has 0 amide bonds. The summed E-state index contributed by atoms with van der Waals surface area (Å²) < 4.78 is 0. The van der Waals surface area contributed by atoms with Gasteiger partial charge in [0, 0.05) is 0 Å². The standard InChI is InChI=1S/3H3N.3H2S/h3*1H3;3*1H2. The van der Waals surface area contributed by atoms with Gasteiger partial charge in [0.1, 0.15) is 0 Å². The highest BCUT2D eigenvalue weighted by Gasteiger charge is -0.195. The van der Waals surface area contributed by atoms with Crippen LogP contribution in [0.15, 0.2) is 0 Å². The minimum atomic E-state index is 0. The molecule has 6 heteroatoms. The second kappa shape index (κ2) is 167. The van der Waals surface area contributed by atoms with Gasteiger partial charge in [-0.25, -0.2) is 0 Å². The van der Waals surface area contributed by atoms with Crippen molar-refractivity contribution in [3.63, 3.8) is 0 Å². The molecule has 48 valence electrons. The lowest BCUT2D eigenvalue weighted by molar-refractivity contribution is 2.13. The van der Waals surface area contributed by atoms with E-state index < -0.39 is 0 Å². The molecule has 0 spiro atoms. The van der Waals surface area contributed by atoms with E-state index in [1.165, 1.54) is 0 Å². The first-order valence-corrected chi connectivity index (χ1v) is 0. The molecule has 0 aliphatic heterocycles. The van der Waals surface area contributed by atoms with Crippen molar-refractivity contribution in [2.75, 3.05) is 0 Å². The summed E-state index contributed by atoms with van der Waals surface area (Å²) in [4.78, 5) is 0. The van der Waals surface area contributed by atoms with Crippen LogP contribution in [0, 0.1) is 0 Å². The Labute approximate surface area is 59.4 Å².